The summed E-state index contributed by atoms with van der Waals surface area (Å²) >= 11 is 0. The Morgan fingerprint density at radius 3 is 2.62 bits per heavy atom. The van der Waals surface area contributed by atoms with Gasteiger partial charge in [-0.25, -0.2) is 4.98 Å². The Morgan fingerprint density at radius 2 is 1.92 bits per heavy atom. The van der Waals surface area contributed by atoms with Crippen LogP contribution in [-0.2, 0) is 6.54 Å². The monoisotopic (exact) mass is 351 g/mol. The van der Waals surface area contributed by atoms with Gasteiger partial charge in [-0.1, -0.05) is 30.3 Å². The Kier molecular flexibility index (Phi) is 5.28. The fraction of sp³-hybridized carbons (Fsp3) is 0.211. The second-order valence-corrected chi connectivity index (χ2v) is 5.90. The number of Topliss-reactive ketones (excluding diaryl/α,β-unsaturated/α-hetero) is 1. The molecule has 2 aromatic carbocycles. The summed E-state index contributed by atoms with van der Waals surface area (Å²) in [5, 5.41) is 6.15. The van der Waals surface area contributed by atoms with E-state index in [0.29, 0.717) is 24.2 Å². The average molecular weight is 351 g/mol. The average Bonchev–Trinajstić information content (AvgIpc) is 3.03. The van der Waals surface area contributed by atoms with Gasteiger partial charge >= 0.3 is 0 Å². The van der Waals surface area contributed by atoms with Crippen molar-refractivity contribution in [2.75, 3.05) is 25.5 Å². The third-order valence-corrected chi connectivity index (χ3v) is 4.10. The number of aromatic nitrogens is 2. The largest absolute Gasteiger partial charge is 0.378 e. The maximum absolute atomic E-state index is 12.2. The van der Waals surface area contributed by atoms with Crippen molar-refractivity contribution in [1.82, 2.24) is 14.9 Å². The number of hydrogen-bond acceptors (Lipinski definition) is 5. The van der Waals surface area contributed by atoms with Gasteiger partial charge in [-0.3, -0.25) is 9.59 Å². The smallest absolute Gasteiger partial charge is 0.284 e. The third kappa shape index (κ3) is 3.73. The molecule has 3 rings (SSSR count). The highest BCUT2D eigenvalue weighted by atomic mass is 16.1. The first-order valence-electron chi connectivity index (χ1n) is 8.37. The Hall–Kier alpha value is -3.19. The minimum absolute atomic E-state index is 0.00284. The van der Waals surface area contributed by atoms with Gasteiger partial charge in [-0.05, 0) is 25.2 Å². The van der Waals surface area contributed by atoms with Gasteiger partial charge in [-0.15, -0.1) is 0 Å². The van der Waals surface area contributed by atoms with E-state index >= 15 is 0 Å². The van der Waals surface area contributed by atoms with Crippen LogP contribution in [0.4, 0.5) is 5.69 Å². The molecule has 0 atom stereocenters. The van der Waals surface area contributed by atoms with Crippen molar-refractivity contribution in [1.29, 1.82) is 0 Å². The number of rotatable bonds is 8. The van der Waals surface area contributed by atoms with Crippen LogP contribution in [-0.4, -0.2) is 41.4 Å². The minimum atomic E-state index is -0.564. The number of ketones is 1. The number of nitrogens with zero attached hydrogens (tertiary/aromatic N) is 2. The van der Waals surface area contributed by atoms with Crippen molar-refractivity contribution >= 4 is 28.4 Å². The van der Waals surface area contributed by atoms with Gasteiger partial charge in [0.05, 0.1) is 17.6 Å². The van der Waals surface area contributed by atoms with Gasteiger partial charge in [0, 0.05) is 24.3 Å². The lowest BCUT2D eigenvalue weighted by Crippen LogP contribution is -2.22. The van der Waals surface area contributed by atoms with Crippen LogP contribution in [0, 0.1) is 0 Å². The van der Waals surface area contributed by atoms with Crippen molar-refractivity contribution in [3.63, 3.8) is 0 Å². The minimum Gasteiger partial charge on any atom is -0.378 e. The molecule has 0 aliphatic heterocycles. The molecule has 0 spiro atoms. The first-order valence-corrected chi connectivity index (χ1v) is 8.37. The fourth-order valence-corrected chi connectivity index (χ4v) is 2.79. The number of fused-ring (bicyclic) bond motifs is 1. The number of hydrogen-bond donors (Lipinski definition) is 3. The Balaban J connectivity index is 1.80. The summed E-state index contributed by atoms with van der Waals surface area (Å²) in [5.74, 6) is -0.332. The Bertz CT molecular complexity index is 934. The number of likely N-dealkylation sites (N-methyl/N-ethyl adjacent to an activating group) is 1. The number of nitrogens with two attached hydrogens (primary N) is 1. The molecule has 0 saturated heterocycles. The fourth-order valence-electron chi connectivity index (χ4n) is 2.79. The molecular formula is C19H21N5O2. The predicted molar refractivity (Wildman–Crippen MR) is 101 cm³/mol. The van der Waals surface area contributed by atoms with E-state index in [-0.39, 0.29) is 18.2 Å². The van der Waals surface area contributed by atoms with Crippen LogP contribution in [0.5, 0.6) is 0 Å². The van der Waals surface area contributed by atoms with E-state index in [1.807, 2.05) is 43.4 Å². The first-order chi connectivity index (χ1) is 12.6. The number of amides is 1. The Labute approximate surface area is 151 Å². The number of primary amides is 1. The molecule has 0 aliphatic rings. The van der Waals surface area contributed by atoms with Gasteiger partial charge in [-0.2, -0.15) is 0 Å². The van der Waals surface area contributed by atoms with E-state index in [4.69, 9.17) is 5.73 Å². The van der Waals surface area contributed by atoms with Crippen LogP contribution < -0.4 is 16.4 Å². The molecule has 0 bridgehead atoms. The van der Waals surface area contributed by atoms with Gasteiger partial charge in [0.15, 0.2) is 11.6 Å². The zero-order chi connectivity index (χ0) is 18.5. The van der Waals surface area contributed by atoms with Gasteiger partial charge in [0.25, 0.3) is 5.91 Å². The zero-order valence-electron chi connectivity index (χ0n) is 14.5. The highest BCUT2D eigenvalue weighted by Gasteiger charge is 2.15. The molecule has 0 fully saturated rings. The lowest BCUT2D eigenvalue weighted by molar-refractivity contribution is 0.0984. The highest BCUT2D eigenvalue weighted by molar-refractivity contribution is 5.99. The maximum atomic E-state index is 12.2. The summed E-state index contributed by atoms with van der Waals surface area (Å²) in [7, 11) is 1.84. The van der Waals surface area contributed by atoms with E-state index in [1.165, 1.54) is 0 Å². The van der Waals surface area contributed by atoms with Crippen LogP contribution in [0.2, 0.25) is 0 Å². The highest BCUT2D eigenvalue weighted by Crippen LogP contribution is 2.20. The molecular weight excluding hydrogens is 330 g/mol. The molecule has 0 aliphatic carbocycles. The van der Waals surface area contributed by atoms with E-state index in [2.05, 4.69) is 15.6 Å². The summed E-state index contributed by atoms with van der Waals surface area (Å²) in [5.41, 5.74) is 8.36. The second-order valence-electron chi connectivity index (χ2n) is 5.90. The van der Waals surface area contributed by atoms with E-state index in [9.17, 15) is 9.59 Å². The van der Waals surface area contributed by atoms with E-state index in [1.54, 1.807) is 16.7 Å². The molecule has 0 radical (unpaired) electrons. The van der Waals surface area contributed by atoms with Crippen molar-refractivity contribution in [2.24, 2.45) is 5.73 Å². The number of benzene rings is 2. The zero-order valence-corrected chi connectivity index (χ0v) is 14.5. The predicted octanol–water partition coefficient (Wildman–Crippen LogP) is 1.65. The normalized spacial score (nSPS) is 10.8. The van der Waals surface area contributed by atoms with Crippen LogP contribution in [0.1, 0.15) is 21.0 Å². The molecule has 7 heteroatoms. The Morgan fingerprint density at radius 1 is 1.15 bits per heavy atom. The molecule has 3 aromatic rings. The topological polar surface area (TPSA) is 102 Å². The molecule has 7 nitrogen and oxygen atoms in total. The van der Waals surface area contributed by atoms with Crippen LogP contribution in [0.15, 0.2) is 48.5 Å². The summed E-state index contributed by atoms with van der Waals surface area (Å²) in [6.07, 6.45) is 0. The summed E-state index contributed by atoms with van der Waals surface area (Å²) in [4.78, 5) is 28.2. The summed E-state index contributed by atoms with van der Waals surface area (Å²) in [6, 6.07) is 14.7. The molecule has 1 aromatic heterocycles. The number of carbonyl (C=O) groups is 2. The molecule has 4 N–H and O–H groups in total. The molecule has 1 amide bonds. The van der Waals surface area contributed by atoms with E-state index in [0.717, 1.165) is 11.2 Å². The number of nitrogens with one attached hydrogen (secondary N) is 2. The van der Waals surface area contributed by atoms with Crippen molar-refractivity contribution in [3.05, 3.63) is 59.9 Å². The van der Waals surface area contributed by atoms with Crippen LogP contribution in [0.25, 0.3) is 11.0 Å². The SMILES string of the molecule is CNCCn1c(C(N)=O)nc2cc(NCC(=O)c3ccccc3)ccc21. The van der Waals surface area contributed by atoms with E-state index < -0.39 is 5.91 Å². The van der Waals surface area contributed by atoms with Crippen LogP contribution in [0.3, 0.4) is 0 Å². The standard InChI is InChI=1S/C19H21N5O2/c1-21-9-10-24-16-8-7-14(11-15(16)23-19(24)18(20)26)22-12-17(25)13-5-3-2-4-6-13/h2-8,11,21-22H,9-10,12H2,1H3,(H2,20,26). The van der Waals surface area contributed by atoms with Crippen LogP contribution >= 0.6 is 0 Å². The number of imidazole rings is 1. The third-order valence-electron chi connectivity index (χ3n) is 4.10. The lowest BCUT2D eigenvalue weighted by Gasteiger charge is -2.08. The maximum Gasteiger partial charge on any atom is 0.284 e. The molecule has 0 saturated carbocycles. The number of carbonyl (C=O) groups excluding carboxylic acids is 2. The molecule has 26 heavy (non-hydrogen) atoms. The second kappa shape index (κ2) is 7.79. The summed E-state index contributed by atoms with van der Waals surface area (Å²) < 4.78 is 1.80. The van der Waals surface area contributed by atoms with Crippen molar-refractivity contribution in [3.8, 4) is 0 Å². The number of anilines is 1. The molecule has 0 unspecified atom stereocenters. The van der Waals surface area contributed by atoms with Gasteiger partial charge < -0.3 is 20.9 Å². The first kappa shape index (κ1) is 17.6. The molecule has 1 heterocycles. The van der Waals surface area contributed by atoms with Gasteiger partial charge in [0.1, 0.15) is 0 Å². The molecule has 134 valence electrons. The quantitative estimate of drug-likeness (QED) is 0.536. The van der Waals surface area contributed by atoms with Gasteiger partial charge in [0.2, 0.25) is 0 Å². The summed E-state index contributed by atoms with van der Waals surface area (Å²) in [6.45, 7) is 1.46. The lowest BCUT2D eigenvalue weighted by atomic mass is 10.1. The van der Waals surface area contributed by atoms with Crippen molar-refractivity contribution < 1.29 is 9.59 Å². The van der Waals surface area contributed by atoms with Crippen molar-refractivity contribution in [2.45, 2.75) is 6.54 Å².